The first-order valence-electron chi connectivity index (χ1n) is 8.64. The topological polar surface area (TPSA) is 70.7 Å². The van der Waals surface area contributed by atoms with Gasteiger partial charge in [0.05, 0.1) is 0 Å². The molecule has 1 heterocycles. The number of carbonyl (C=O) groups is 1. The molecule has 6 heteroatoms. The maximum absolute atomic E-state index is 12.2. The highest BCUT2D eigenvalue weighted by Gasteiger charge is 2.28. The van der Waals surface area contributed by atoms with Crippen molar-refractivity contribution in [1.29, 1.82) is 0 Å². The first-order chi connectivity index (χ1) is 12.2. The number of anilines is 1. The fourth-order valence-corrected chi connectivity index (χ4v) is 3.04. The van der Waals surface area contributed by atoms with E-state index < -0.39 is 0 Å². The number of nitrogens with zero attached hydrogens (tertiary/aromatic N) is 2. The Morgan fingerprint density at radius 3 is 2.46 bits per heavy atom. The van der Waals surface area contributed by atoms with Crippen LogP contribution in [0.4, 0.5) is 5.69 Å². The molecule has 1 aliphatic heterocycles. The van der Waals surface area contributed by atoms with Crippen LogP contribution in [0.25, 0.3) is 0 Å². The number of hydrogen-bond donors (Lipinski definition) is 2. The number of carbonyl (C=O) groups excluding carboxylic acids is 1. The molecule has 0 radical (unpaired) electrons. The Balaban J connectivity index is 0.00000243. The Kier molecular flexibility index (Phi) is 7.90. The first kappa shape index (κ1) is 20.2. The number of nitrogens with one attached hydrogen (secondary N) is 1. The minimum atomic E-state index is 0. The number of amides is 1. The van der Waals surface area contributed by atoms with Crippen molar-refractivity contribution < 1.29 is 4.79 Å². The Morgan fingerprint density at radius 2 is 1.77 bits per heavy atom. The number of benzene rings is 2. The summed E-state index contributed by atoms with van der Waals surface area (Å²) in [5, 5.41) is 3.06. The number of nitrogens with two attached hydrogens (primary N) is 1. The van der Waals surface area contributed by atoms with Gasteiger partial charge in [0, 0.05) is 37.7 Å². The lowest BCUT2D eigenvalue weighted by atomic mass is 10.1. The van der Waals surface area contributed by atoms with E-state index in [4.69, 9.17) is 5.73 Å². The second-order valence-corrected chi connectivity index (χ2v) is 6.36. The molecule has 1 unspecified atom stereocenters. The van der Waals surface area contributed by atoms with Crippen molar-refractivity contribution in [3.8, 4) is 0 Å². The molecule has 1 fully saturated rings. The van der Waals surface area contributed by atoms with E-state index in [2.05, 4.69) is 22.4 Å². The smallest absolute Gasteiger partial charge is 0.223 e. The van der Waals surface area contributed by atoms with Crippen molar-refractivity contribution in [3.63, 3.8) is 0 Å². The molecule has 0 saturated carbocycles. The van der Waals surface area contributed by atoms with Gasteiger partial charge in [-0.1, -0.05) is 48.5 Å². The van der Waals surface area contributed by atoms with Crippen LogP contribution in [0.1, 0.15) is 12.0 Å². The van der Waals surface area contributed by atoms with Gasteiger partial charge < -0.3 is 16.0 Å². The maximum Gasteiger partial charge on any atom is 0.223 e. The van der Waals surface area contributed by atoms with E-state index in [9.17, 15) is 4.79 Å². The summed E-state index contributed by atoms with van der Waals surface area (Å²) in [7, 11) is 0. The summed E-state index contributed by atoms with van der Waals surface area (Å²) in [6.07, 6.45) is 1.44. The number of para-hydroxylation sites is 1. The van der Waals surface area contributed by atoms with Crippen LogP contribution in [0, 0.1) is 5.92 Å². The molecule has 3 N–H and O–H groups in total. The zero-order valence-electron chi connectivity index (χ0n) is 14.7. The zero-order valence-corrected chi connectivity index (χ0v) is 17.0. The van der Waals surface area contributed by atoms with Crippen molar-refractivity contribution in [1.82, 2.24) is 4.90 Å². The van der Waals surface area contributed by atoms with Crippen LogP contribution >= 0.6 is 24.0 Å². The van der Waals surface area contributed by atoms with E-state index in [1.165, 1.54) is 5.56 Å². The van der Waals surface area contributed by atoms with Crippen molar-refractivity contribution in [2.75, 3.05) is 25.0 Å². The maximum atomic E-state index is 12.2. The molecular weight excluding hydrogens is 439 g/mol. The largest absolute Gasteiger partial charge is 0.370 e. The number of rotatable bonds is 6. The summed E-state index contributed by atoms with van der Waals surface area (Å²) >= 11 is 0. The Bertz CT molecular complexity index is 721. The normalized spacial score (nSPS) is 17.1. The van der Waals surface area contributed by atoms with Crippen LogP contribution in [0.3, 0.4) is 0 Å². The van der Waals surface area contributed by atoms with E-state index in [-0.39, 0.29) is 35.8 Å². The van der Waals surface area contributed by atoms with Crippen molar-refractivity contribution in [2.24, 2.45) is 16.6 Å². The highest BCUT2D eigenvalue weighted by atomic mass is 127. The summed E-state index contributed by atoms with van der Waals surface area (Å²) in [5.74, 6) is 0.839. The molecule has 1 aliphatic rings. The lowest BCUT2D eigenvalue weighted by Crippen LogP contribution is -2.28. The van der Waals surface area contributed by atoms with Gasteiger partial charge in [-0.3, -0.25) is 9.79 Å². The molecule has 1 amide bonds. The SMILES string of the molecule is I.NC(=NCC1CC(=O)N(CCc2ccccc2)C1)Nc1ccccc1. The third kappa shape index (κ3) is 6.01. The predicted molar refractivity (Wildman–Crippen MR) is 117 cm³/mol. The van der Waals surface area contributed by atoms with E-state index in [0.717, 1.165) is 25.2 Å². The minimum absolute atomic E-state index is 0. The number of guanidine groups is 1. The molecule has 2 aromatic rings. The highest BCUT2D eigenvalue weighted by Crippen LogP contribution is 2.18. The molecule has 2 aromatic carbocycles. The lowest BCUT2D eigenvalue weighted by molar-refractivity contribution is -0.127. The summed E-state index contributed by atoms with van der Waals surface area (Å²) in [6, 6.07) is 20.0. The number of likely N-dealkylation sites (tertiary alicyclic amines) is 1. The Morgan fingerprint density at radius 1 is 1.12 bits per heavy atom. The summed E-state index contributed by atoms with van der Waals surface area (Å²) in [5.41, 5.74) is 8.10. The van der Waals surface area contributed by atoms with Gasteiger partial charge in [-0.05, 0) is 24.1 Å². The predicted octanol–water partition coefficient (Wildman–Crippen LogP) is 3.12. The molecule has 0 aliphatic carbocycles. The minimum Gasteiger partial charge on any atom is -0.370 e. The fraction of sp³-hybridized carbons (Fsp3) is 0.300. The molecule has 5 nitrogen and oxygen atoms in total. The average molecular weight is 464 g/mol. The van der Waals surface area contributed by atoms with Gasteiger partial charge in [-0.25, -0.2) is 0 Å². The van der Waals surface area contributed by atoms with Crippen LogP contribution in [0.5, 0.6) is 0 Å². The van der Waals surface area contributed by atoms with Crippen LogP contribution in [-0.4, -0.2) is 36.4 Å². The first-order valence-corrected chi connectivity index (χ1v) is 8.64. The van der Waals surface area contributed by atoms with Gasteiger partial charge in [0.2, 0.25) is 5.91 Å². The molecule has 1 atom stereocenters. The fourth-order valence-electron chi connectivity index (χ4n) is 3.04. The summed E-state index contributed by atoms with van der Waals surface area (Å²) < 4.78 is 0. The van der Waals surface area contributed by atoms with Crippen LogP contribution in [-0.2, 0) is 11.2 Å². The molecule has 0 aromatic heterocycles. The molecule has 26 heavy (non-hydrogen) atoms. The summed E-state index contributed by atoms with van der Waals surface area (Å²) in [4.78, 5) is 18.5. The van der Waals surface area contributed by atoms with E-state index >= 15 is 0 Å². The van der Waals surface area contributed by atoms with Crippen molar-refractivity contribution >= 4 is 41.5 Å². The van der Waals surface area contributed by atoms with E-state index in [0.29, 0.717) is 18.9 Å². The number of halogens is 1. The van der Waals surface area contributed by atoms with E-state index in [1.807, 2.05) is 53.4 Å². The van der Waals surface area contributed by atoms with Crippen LogP contribution in [0.15, 0.2) is 65.7 Å². The monoisotopic (exact) mass is 464 g/mol. The number of hydrogen-bond acceptors (Lipinski definition) is 2. The van der Waals surface area contributed by atoms with Crippen LogP contribution in [0.2, 0.25) is 0 Å². The lowest BCUT2D eigenvalue weighted by Gasteiger charge is -2.16. The van der Waals surface area contributed by atoms with Crippen molar-refractivity contribution in [2.45, 2.75) is 12.8 Å². The van der Waals surface area contributed by atoms with Gasteiger partial charge in [0.15, 0.2) is 5.96 Å². The van der Waals surface area contributed by atoms with Gasteiger partial charge in [-0.2, -0.15) is 0 Å². The molecule has 138 valence electrons. The average Bonchev–Trinajstić information content (AvgIpc) is 3.00. The zero-order chi connectivity index (χ0) is 17.5. The third-order valence-electron chi connectivity index (χ3n) is 4.37. The van der Waals surface area contributed by atoms with E-state index in [1.54, 1.807) is 0 Å². The Labute approximate surface area is 171 Å². The second-order valence-electron chi connectivity index (χ2n) is 6.36. The molecular formula is C20H25IN4O. The van der Waals surface area contributed by atoms with Gasteiger partial charge >= 0.3 is 0 Å². The van der Waals surface area contributed by atoms with Gasteiger partial charge in [-0.15, -0.1) is 24.0 Å². The quantitative estimate of drug-likeness (QED) is 0.392. The molecule has 1 saturated heterocycles. The molecule has 0 bridgehead atoms. The third-order valence-corrected chi connectivity index (χ3v) is 4.37. The van der Waals surface area contributed by atoms with Gasteiger partial charge in [0.25, 0.3) is 0 Å². The highest BCUT2D eigenvalue weighted by molar-refractivity contribution is 14.0. The second kappa shape index (κ2) is 10.2. The Hall–Kier alpha value is -2.09. The standard InChI is InChI=1S/C20H24N4O.HI/c21-20(23-18-9-5-2-6-10-18)22-14-17-13-19(25)24(15-17)12-11-16-7-3-1-4-8-16;/h1-10,17H,11-15H2,(H3,21,22,23);1H. The summed E-state index contributed by atoms with van der Waals surface area (Å²) in [6.45, 7) is 2.09. The molecule has 3 rings (SSSR count). The van der Waals surface area contributed by atoms with Crippen LogP contribution < -0.4 is 11.1 Å². The number of aliphatic imine (C=N–C) groups is 1. The molecule has 0 spiro atoms. The van der Waals surface area contributed by atoms with Crippen molar-refractivity contribution in [3.05, 3.63) is 66.2 Å². The van der Waals surface area contributed by atoms with Gasteiger partial charge in [0.1, 0.15) is 0 Å².